The summed E-state index contributed by atoms with van der Waals surface area (Å²) in [4.78, 5) is 12.3. The second kappa shape index (κ2) is 15.0. The lowest BCUT2D eigenvalue weighted by Crippen LogP contribution is -2.64. The molecule has 10 aliphatic heterocycles. The van der Waals surface area contributed by atoms with Gasteiger partial charge in [0, 0.05) is 139 Å². The maximum absolute atomic E-state index is 7.91. The van der Waals surface area contributed by atoms with E-state index in [9.17, 15) is 0 Å². The third kappa shape index (κ3) is 5.08. The van der Waals surface area contributed by atoms with Gasteiger partial charge < -0.3 is 37.9 Å². The van der Waals surface area contributed by atoms with Gasteiger partial charge in [0.1, 0.15) is 23.0 Å². The number of fused-ring (bicyclic) bond motifs is 6. The molecule has 14 heteroatoms. The van der Waals surface area contributed by atoms with Gasteiger partial charge in [0.15, 0.2) is 0 Å². The molecule has 0 spiro atoms. The van der Waals surface area contributed by atoms with Gasteiger partial charge in [-0.15, -0.1) is 23.5 Å². The van der Waals surface area contributed by atoms with E-state index in [-0.39, 0.29) is 4.58 Å². The molecule has 0 unspecified atom stereocenters. The van der Waals surface area contributed by atoms with Crippen LogP contribution in [0.2, 0.25) is 0 Å². The van der Waals surface area contributed by atoms with E-state index in [0.29, 0.717) is 0 Å². The monoisotopic (exact) mass is 1070 g/mol. The number of nitrogens with zero attached hydrogens (tertiary/aromatic N) is 4. The third-order valence-corrected chi connectivity index (χ3v) is 21.2. The molecule has 0 saturated heterocycles. The summed E-state index contributed by atoms with van der Waals surface area (Å²) in [5.74, 6) is 3.44. The molecule has 8 nitrogen and oxygen atoms in total. The zero-order chi connectivity index (χ0) is 52.1. The zero-order valence-corrected chi connectivity index (χ0v) is 44.5. The van der Waals surface area contributed by atoms with Crippen LogP contribution in [0.1, 0.15) is 10.1 Å². The highest BCUT2D eigenvalue weighted by Gasteiger charge is 2.61. The number of para-hydroxylation sites is 6. The fourth-order valence-corrected chi connectivity index (χ4v) is 18.8. The van der Waals surface area contributed by atoms with Crippen molar-refractivity contribution in [1.82, 2.24) is 0 Å². The van der Waals surface area contributed by atoms with Crippen LogP contribution >= 0.6 is 23.5 Å². The van der Waals surface area contributed by atoms with Gasteiger partial charge in [0.25, 0.3) is 0 Å². The van der Waals surface area contributed by atoms with Gasteiger partial charge in [-0.25, -0.2) is 0 Å². The number of rotatable bonds is 4. The predicted octanol–water partition coefficient (Wildman–Crippen LogP) is 13.9. The number of hydrogen-bond acceptors (Lipinski definition) is 10. The zero-order valence-electron chi connectivity index (χ0n) is 42.8. The molecule has 0 aliphatic carbocycles. The van der Waals surface area contributed by atoms with Gasteiger partial charge >= 0.3 is 28.2 Å². The lowest BCUT2D eigenvalue weighted by molar-refractivity contribution is 0.549. The first-order valence-corrected chi connectivity index (χ1v) is 29.5. The van der Waals surface area contributed by atoms with Crippen molar-refractivity contribution in [3.8, 4) is 89.8 Å². The summed E-state index contributed by atoms with van der Waals surface area (Å²) in [7, 11) is -1.94. The Labute approximate surface area is 476 Å². The Morgan fingerprint density at radius 3 is 0.975 bits per heavy atom. The van der Waals surface area contributed by atoms with Crippen LogP contribution in [0.3, 0.4) is 0 Å². The van der Waals surface area contributed by atoms with Crippen LogP contribution < -0.4 is 59.7 Å². The van der Waals surface area contributed by atoms with Crippen LogP contribution in [-0.4, -0.2) is 28.2 Å². The van der Waals surface area contributed by atoms with Crippen LogP contribution in [0.4, 0.5) is 45.5 Å². The van der Waals surface area contributed by atoms with Crippen molar-refractivity contribution in [2.24, 2.45) is 0 Å². The highest BCUT2D eigenvalue weighted by molar-refractivity contribution is 8.16. The first kappa shape index (κ1) is 42.7. The van der Waals surface area contributed by atoms with Gasteiger partial charge in [0.05, 0.1) is 4.58 Å². The van der Waals surface area contributed by atoms with E-state index in [0.717, 1.165) is 79.6 Å². The number of thioether (sulfide) groups is 2. The second-order valence-electron chi connectivity index (χ2n) is 22.2. The summed E-state index contributed by atoms with van der Waals surface area (Å²) in [6.45, 7) is 0. The highest BCUT2D eigenvalue weighted by atomic mass is 32.2. The summed E-state index contributed by atoms with van der Waals surface area (Å²) in [5.41, 5.74) is 29.1. The van der Waals surface area contributed by atoms with E-state index in [2.05, 4.69) is 232 Å². The van der Waals surface area contributed by atoms with E-state index in [1.807, 2.05) is 23.5 Å². The Morgan fingerprint density at radius 1 is 0.284 bits per heavy atom. The quantitative estimate of drug-likeness (QED) is 0.159. The van der Waals surface area contributed by atoms with E-state index in [1.165, 1.54) is 92.8 Å². The van der Waals surface area contributed by atoms with E-state index < -0.39 is 28.2 Å². The van der Waals surface area contributed by atoms with Crippen molar-refractivity contribution in [1.29, 1.82) is 0 Å². The van der Waals surface area contributed by atoms with Crippen molar-refractivity contribution in [3.63, 3.8) is 0 Å². The summed E-state index contributed by atoms with van der Waals surface area (Å²) < 4.78 is 30.6. The minimum Gasteiger partial charge on any atom is -0.537 e. The molecule has 0 radical (unpaired) electrons. The molecule has 0 N–H and O–H groups in total. The maximum Gasteiger partial charge on any atom is 0.525 e. The van der Waals surface area contributed by atoms with E-state index in [4.69, 9.17) is 18.6 Å². The normalized spacial score (nSPS) is 16.0. The summed E-state index contributed by atoms with van der Waals surface area (Å²) in [5, 5.41) is 0. The average Bonchev–Trinajstić information content (AvgIpc) is 1.74. The van der Waals surface area contributed by atoms with Crippen LogP contribution in [0.25, 0.3) is 66.8 Å². The molecular weight excluding hydrogens is 1030 g/mol. The highest BCUT2D eigenvalue weighted by Crippen LogP contribution is 2.71. The molecule has 0 amide bonds. The number of hydrogen-bond donors (Lipinski definition) is 0. The number of benzene rings is 11. The van der Waals surface area contributed by atoms with Crippen LogP contribution in [0.5, 0.6) is 23.0 Å². The van der Waals surface area contributed by atoms with Crippen molar-refractivity contribution in [3.05, 3.63) is 218 Å². The molecule has 372 valence electrons. The van der Waals surface area contributed by atoms with E-state index in [1.54, 1.807) is 0 Å². The van der Waals surface area contributed by atoms with Crippen molar-refractivity contribution < 1.29 is 18.6 Å². The van der Waals surface area contributed by atoms with Crippen molar-refractivity contribution >= 4 is 119 Å². The topological polar surface area (TPSA) is 49.9 Å². The molecule has 0 aromatic heterocycles. The molecule has 10 heterocycles. The maximum atomic E-state index is 7.91. The summed E-state index contributed by atoms with van der Waals surface area (Å²) in [6.07, 6.45) is 0. The average molecular weight is 1070 g/mol. The molecule has 81 heavy (non-hydrogen) atoms. The Bertz CT molecular complexity index is 4460. The Hall–Kier alpha value is -9.22. The third-order valence-electron chi connectivity index (χ3n) is 18.5. The second-order valence-corrected chi connectivity index (χ2v) is 24.7. The fourth-order valence-electron chi connectivity index (χ4n) is 15.6. The minimum atomic E-state index is -0.513. The molecule has 0 saturated carbocycles. The Balaban J connectivity index is 0.912. The van der Waals surface area contributed by atoms with Crippen LogP contribution in [0, 0.1) is 0 Å². The summed E-state index contributed by atoms with van der Waals surface area (Å²) in [6, 6.07) is 76.5. The molecule has 0 fully saturated rings. The van der Waals surface area contributed by atoms with E-state index >= 15 is 0 Å². The largest absolute Gasteiger partial charge is 0.537 e. The number of anilines is 8. The standard InChI is InChI=1S/C67H36B4N4O4S2/c1-5-19-36(20-6-1)72-42-29-17-31-44-52(42)57-61-50(40-27-13-15-33-46(40)76-68(61)72)65-59-54-48(78-70(63(57)59)74(44)38-23-9-3-10-24-38)35-49-55-56(54)67(80-65)81-66-51-41-28-14-16-34-47(41)77-69-62(51)58-53-43(73(69)37-21-7-2-8-22-37)30-18-32-45(53)75(39-25-11-4-12-26-39)71(79-49)64(58)60(55)66/h1-35,67H. The van der Waals surface area contributed by atoms with Gasteiger partial charge in [0.2, 0.25) is 0 Å². The van der Waals surface area contributed by atoms with Crippen molar-refractivity contribution in [2.75, 3.05) is 19.2 Å². The SMILES string of the molecule is c1ccc(N2B3Oc4ccccc4-c4c5c6c7c(c43)-c3c2cccc3N(c2ccccc2)B7Oc2cc3c4c(c2-6)C(S5)Sc2c5c6c7c(c2-4)B(O3)N(c2ccccc2)c2cccc(c2-7)N(c2ccccc2)B6Oc2ccccc2-5)cc1. The van der Waals surface area contributed by atoms with Crippen LogP contribution in [-0.2, 0) is 0 Å². The Morgan fingerprint density at radius 2 is 0.605 bits per heavy atom. The first-order valence-electron chi connectivity index (χ1n) is 27.8. The predicted molar refractivity (Wildman–Crippen MR) is 332 cm³/mol. The lowest BCUT2D eigenvalue weighted by atomic mass is 9.50. The molecule has 0 bridgehead atoms. The minimum absolute atomic E-state index is 0.0881. The molecule has 11 aromatic carbocycles. The van der Waals surface area contributed by atoms with Gasteiger partial charge in [-0.05, 0) is 102 Å². The summed E-state index contributed by atoms with van der Waals surface area (Å²) >= 11 is 4.01. The van der Waals surface area contributed by atoms with Gasteiger partial charge in [-0.3, -0.25) is 0 Å². The van der Waals surface area contributed by atoms with Gasteiger partial charge in [-0.2, -0.15) is 0 Å². The van der Waals surface area contributed by atoms with Crippen LogP contribution in [0.15, 0.2) is 222 Å². The molecule has 0 atom stereocenters. The molecule has 21 rings (SSSR count). The Kier molecular flexibility index (Phi) is 7.88. The molecular formula is C67H36B4N4O4S2. The fraction of sp³-hybridized carbons (Fsp3) is 0.0149. The first-order chi connectivity index (χ1) is 40.2. The lowest BCUT2D eigenvalue weighted by Gasteiger charge is -2.52. The molecule has 10 aliphatic rings. The van der Waals surface area contributed by atoms with Gasteiger partial charge in [-0.1, -0.05) is 121 Å². The molecule has 11 aromatic rings. The smallest absolute Gasteiger partial charge is 0.525 e. The van der Waals surface area contributed by atoms with Crippen molar-refractivity contribution in [2.45, 2.75) is 14.4 Å².